The number of amides is 1. The predicted octanol–water partition coefficient (Wildman–Crippen LogP) is 3.70. The van der Waals surface area contributed by atoms with Crippen molar-refractivity contribution in [2.45, 2.75) is 34.1 Å². The van der Waals surface area contributed by atoms with Crippen LogP contribution in [0.5, 0.6) is 0 Å². The lowest BCUT2D eigenvalue weighted by molar-refractivity contribution is 0.102. The zero-order valence-electron chi connectivity index (χ0n) is 20.3. The lowest BCUT2D eigenvalue weighted by Crippen LogP contribution is -2.43. The Morgan fingerprint density at radius 3 is 2.76 bits per heavy atom. The summed E-state index contributed by atoms with van der Waals surface area (Å²) in [5, 5.41) is 15.3. The summed E-state index contributed by atoms with van der Waals surface area (Å²) < 4.78 is 3.21. The summed E-state index contributed by atoms with van der Waals surface area (Å²) in [4.78, 5) is 23.9. The van der Waals surface area contributed by atoms with Gasteiger partial charge in [0.1, 0.15) is 17.2 Å². The van der Waals surface area contributed by atoms with Gasteiger partial charge in [0.05, 0.1) is 6.20 Å². The fourth-order valence-electron chi connectivity index (χ4n) is 3.57. The number of rotatable bonds is 5. The molecule has 10 nitrogen and oxygen atoms in total. The van der Waals surface area contributed by atoms with Gasteiger partial charge in [-0.2, -0.15) is 5.10 Å². The molecule has 0 unspecified atom stereocenters. The van der Waals surface area contributed by atoms with Crippen LogP contribution in [0.15, 0.2) is 52.2 Å². The van der Waals surface area contributed by atoms with E-state index >= 15 is 0 Å². The normalized spacial score (nSPS) is 15.8. The third-order valence-electron chi connectivity index (χ3n) is 5.18. The van der Waals surface area contributed by atoms with Gasteiger partial charge in [0.15, 0.2) is 11.6 Å². The van der Waals surface area contributed by atoms with Crippen molar-refractivity contribution in [3.8, 4) is 0 Å². The van der Waals surface area contributed by atoms with Gasteiger partial charge in [0.2, 0.25) is 0 Å². The molecular formula is C24H33N9O. The Hall–Kier alpha value is -3.79. The molecule has 1 amide bonds. The highest BCUT2D eigenvalue weighted by Crippen LogP contribution is 2.24. The highest BCUT2D eigenvalue weighted by Gasteiger charge is 2.22. The van der Waals surface area contributed by atoms with Gasteiger partial charge in [0.25, 0.3) is 5.91 Å². The van der Waals surface area contributed by atoms with E-state index in [1.807, 2.05) is 52.0 Å². The van der Waals surface area contributed by atoms with E-state index in [4.69, 9.17) is 5.10 Å². The van der Waals surface area contributed by atoms with Crippen LogP contribution in [0.2, 0.25) is 0 Å². The monoisotopic (exact) mass is 463 g/mol. The number of hydrogen-bond acceptors (Lipinski definition) is 7. The summed E-state index contributed by atoms with van der Waals surface area (Å²) in [7, 11) is 0. The zero-order chi connectivity index (χ0) is 24.5. The summed E-state index contributed by atoms with van der Waals surface area (Å²) in [5.41, 5.74) is 1.38. The molecule has 4 heterocycles. The molecule has 10 heteroatoms. The maximum absolute atomic E-state index is 13.1. The van der Waals surface area contributed by atoms with Crippen molar-refractivity contribution in [1.29, 1.82) is 0 Å². The van der Waals surface area contributed by atoms with Gasteiger partial charge in [-0.3, -0.25) is 4.79 Å². The molecule has 4 rings (SSSR count). The predicted molar refractivity (Wildman–Crippen MR) is 139 cm³/mol. The molecule has 180 valence electrons. The number of anilines is 2. The summed E-state index contributed by atoms with van der Waals surface area (Å²) in [6.45, 7) is 14.9. The van der Waals surface area contributed by atoms with Crippen LogP contribution in [-0.4, -0.2) is 64.2 Å². The van der Waals surface area contributed by atoms with Crippen LogP contribution in [0.3, 0.4) is 0 Å². The van der Waals surface area contributed by atoms with E-state index in [0.29, 0.717) is 23.6 Å². The van der Waals surface area contributed by atoms with Crippen molar-refractivity contribution >= 4 is 42.1 Å². The number of nitrogens with zero attached hydrogens (tertiary/aromatic N) is 7. The molecule has 2 aromatic heterocycles. The number of hydrogen-bond donors (Lipinski definition) is 2. The van der Waals surface area contributed by atoms with Crippen molar-refractivity contribution < 1.29 is 4.79 Å². The molecular weight excluding hydrogens is 430 g/mol. The molecule has 2 aliphatic heterocycles. The first-order valence-corrected chi connectivity index (χ1v) is 11.5. The minimum atomic E-state index is -0.340. The Balaban J connectivity index is 0.00000158. The van der Waals surface area contributed by atoms with Crippen LogP contribution in [0, 0.1) is 0 Å². The largest absolute Gasteiger partial charge is 0.353 e. The number of carbonyl (C=O) groups excluding carboxylic acids is 1. The first-order valence-electron chi connectivity index (χ1n) is 11.5. The SMILES string of the molecule is C=Nc1c(C(=O)Nc2cc(N3CCNCC3)nn2C2=NC=C(C)C=CC2)cnn1/C=C\C.CC. The molecule has 0 atom stereocenters. The minimum absolute atomic E-state index is 0.327. The van der Waals surface area contributed by atoms with E-state index in [1.54, 1.807) is 17.1 Å². The van der Waals surface area contributed by atoms with E-state index in [1.165, 1.54) is 10.9 Å². The number of carbonyl (C=O) groups is 1. The van der Waals surface area contributed by atoms with Gasteiger partial charge in [-0.05, 0) is 26.1 Å². The minimum Gasteiger partial charge on any atom is -0.353 e. The third kappa shape index (κ3) is 5.57. The molecule has 2 aromatic rings. The number of nitrogens with one attached hydrogen (secondary N) is 2. The number of aliphatic imine (C=N–C) groups is 2. The molecule has 0 spiro atoms. The van der Waals surface area contributed by atoms with Crippen molar-refractivity contribution in [2.24, 2.45) is 9.98 Å². The topological polar surface area (TPSA) is 105 Å². The molecule has 0 bridgehead atoms. The zero-order valence-corrected chi connectivity index (χ0v) is 20.3. The number of aromatic nitrogens is 4. The Morgan fingerprint density at radius 2 is 2.06 bits per heavy atom. The van der Waals surface area contributed by atoms with Crippen molar-refractivity contribution in [3.05, 3.63) is 47.8 Å². The van der Waals surface area contributed by atoms with E-state index in [-0.39, 0.29) is 5.91 Å². The van der Waals surface area contributed by atoms with Crippen LogP contribution in [-0.2, 0) is 0 Å². The van der Waals surface area contributed by atoms with Crippen LogP contribution < -0.4 is 15.5 Å². The average molecular weight is 464 g/mol. The number of piperazine rings is 1. The quantitative estimate of drug-likeness (QED) is 0.658. The standard InChI is InChI=1S/C22H27N9O.C2H6/c1-4-10-30-21(23-3)17(15-26-30)22(32)27-19-13-20(29-11-8-24-9-12-29)28-31(19)18-7-5-6-16(2)14-25-18;1-2/h4-6,10,13-15,24H,3,7-9,11-12H2,1-2H3,(H,27,32);1-2H3/b10-4-;. The third-order valence-corrected chi connectivity index (χ3v) is 5.18. The molecule has 1 saturated heterocycles. The molecule has 2 aliphatic rings. The van der Waals surface area contributed by atoms with Crippen molar-refractivity contribution in [1.82, 2.24) is 24.9 Å². The lowest BCUT2D eigenvalue weighted by Gasteiger charge is -2.27. The smallest absolute Gasteiger partial charge is 0.262 e. The van der Waals surface area contributed by atoms with E-state index in [2.05, 4.69) is 37.3 Å². The first-order chi connectivity index (χ1) is 16.6. The van der Waals surface area contributed by atoms with E-state index in [0.717, 1.165) is 43.4 Å². The molecule has 0 saturated carbocycles. The molecule has 34 heavy (non-hydrogen) atoms. The van der Waals surface area contributed by atoms with E-state index < -0.39 is 0 Å². The van der Waals surface area contributed by atoms with Crippen LogP contribution in [0.1, 0.15) is 44.5 Å². The van der Waals surface area contributed by atoms with Gasteiger partial charge >= 0.3 is 0 Å². The van der Waals surface area contributed by atoms with Gasteiger partial charge in [-0.1, -0.05) is 32.1 Å². The van der Waals surface area contributed by atoms with Gasteiger partial charge < -0.3 is 15.5 Å². The maximum atomic E-state index is 13.1. The maximum Gasteiger partial charge on any atom is 0.262 e. The first kappa shape index (κ1) is 24.8. The Morgan fingerprint density at radius 1 is 1.29 bits per heavy atom. The van der Waals surface area contributed by atoms with Crippen molar-refractivity contribution in [2.75, 3.05) is 36.4 Å². The molecule has 0 aromatic carbocycles. The number of allylic oxidation sites excluding steroid dienone is 4. The fraction of sp³-hybridized carbons (Fsp3) is 0.375. The summed E-state index contributed by atoms with van der Waals surface area (Å²) in [6.07, 6.45) is 11.5. The van der Waals surface area contributed by atoms with E-state index in [9.17, 15) is 4.79 Å². The van der Waals surface area contributed by atoms with Crippen LogP contribution >= 0.6 is 0 Å². The Labute approximate surface area is 200 Å². The highest BCUT2D eigenvalue weighted by molar-refractivity contribution is 6.08. The van der Waals surface area contributed by atoms with Gasteiger partial charge in [-0.25, -0.2) is 19.3 Å². The van der Waals surface area contributed by atoms with Gasteiger partial charge in [0, 0.05) is 51.1 Å². The van der Waals surface area contributed by atoms with Crippen LogP contribution in [0.4, 0.5) is 17.5 Å². The second-order valence-electron chi connectivity index (χ2n) is 7.48. The molecule has 1 fully saturated rings. The summed E-state index contributed by atoms with van der Waals surface area (Å²) in [6, 6.07) is 1.88. The van der Waals surface area contributed by atoms with Crippen LogP contribution in [0.25, 0.3) is 6.20 Å². The molecule has 0 radical (unpaired) electrons. The highest BCUT2D eigenvalue weighted by atomic mass is 16.1. The lowest BCUT2D eigenvalue weighted by atomic mass is 10.3. The van der Waals surface area contributed by atoms with Gasteiger partial charge in [-0.15, -0.1) is 5.10 Å². The molecule has 0 aliphatic carbocycles. The Bertz CT molecular complexity index is 1130. The summed E-state index contributed by atoms with van der Waals surface area (Å²) >= 11 is 0. The fourth-order valence-corrected chi connectivity index (χ4v) is 3.57. The average Bonchev–Trinajstić information content (AvgIpc) is 3.40. The second kappa shape index (κ2) is 11.9. The molecule has 2 N–H and O–H groups in total. The Kier molecular flexibility index (Phi) is 8.69. The summed E-state index contributed by atoms with van der Waals surface area (Å²) in [5.74, 6) is 2.10. The van der Waals surface area contributed by atoms with Crippen molar-refractivity contribution in [3.63, 3.8) is 0 Å². The second-order valence-corrected chi connectivity index (χ2v) is 7.48.